The zero-order valence-electron chi connectivity index (χ0n) is 18.9. The number of ether oxygens (including phenoxy) is 1. The van der Waals surface area contributed by atoms with Crippen LogP contribution in [-0.4, -0.2) is 43.7 Å². The zero-order valence-corrected chi connectivity index (χ0v) is 18.9. The number of benzene rings is 2. The van der Waals surface area contributed by atoms with Crippen LogP contribution >= 0.6 is 0 Å². The summed E-state index contributed by atoms with van der Waals surface area (Å²) >= 11 is 0. The second kappa shape index (κ2) is 9.87. The Morgan fingerprint density at radius 1 is 1.18 bits per heavy atom. The van der Waals surface area contributed by atoms with E-state index in [0.29, 0.717) is 44.1 Å². The minimum absolute atomic E-state index is 0.103. The Morgan fingerprint density at radius 2 is 1.85 bits per heavy atom. The number of non-ortho nitro benzene ring substituents is 1. The molecular formula is C25H30FN3O4. The van der Waals surface area contributed by atoms with Gasteiger partial charge in [-0.3, -0.25) is 14.9 Å². The standard InChI is InChI=1S/C25H30FN3O4/c1-18-8-12-28(13-9-18)23-7-6-21(29(31)32)16-22(23)24(30)27-17-25(10-14-33-15-11-25)19-2-4-20(26)5-3-19/h2-7,16,18H,8-15,17H2,1H3,(H,27,30). The molecule has 1 amide bonds. The normalized spacial score (nSPS) is 18.7. The summed E-state index contributed by atoms with van der Waals surface area (Å²) in [7, 11) is 0. The molecule has 33 heavy (non-hydrogen) atoms. The molecule has 2 fully saturated rings. The van der Waals surface area contributed by atoms with Gasteiger partial charge in [-0.1, -0.05) is 19.1 Å². The molecule has 1 N–H and O–H groups in total. The number of rotatable bonds is 6. The van der Waals surface area contributed by atoms with Gasteiger partial charge in [0, 0.05) is 50.4 Å². The number of nitrogens with zero attached hydrogens (tertiary/aromatic N) is 2. The van der Waals surface area contributed by atoms with Crippen molar-refractivity contribution < 1.29 is 18.8 Å². The summed E-state index contributed by atoms with van der Waals surface area (Å²) < 4.78 is 19.1. The number of carbonyl (C=O) groups is 1. The SMILES string of the molecule is CC1CCN(c2ccc([N+](=O)[O-])cc2C(=O)NCC2(c3ccc(F)cc3)CCOCC2)CC1. The quantitative estimate of drug-likeness (QED) is 0.514. The molecule has 2 aromatic rings. The van der Waals surface area contributed by atoms with Crippen LogP contribution < -0.4 is 10.2 Å². The number of nitro groups is 1. The molecule has 7 nitrogen and oxygen atoms in total. The van der Waals surface area contributed by atoms with Gasteiger partial charge < -0.3 is 15.0 Å². The number of halogens is 1. The van der Waals surface area contributed by atoms with Crippen LogP contribution in [0.2, 0.25) is 0 Å². The lowest BCUT2D eigenvalue weighted by atomic mass is 9.74. The zero-order chi connectivity index (χ0) is 23.4. The Balaban J connectivity index is 1.59. The molecule has 0 aromatic heterocycles. The Morgan fingerprint density at radius 3 is 2.48 bits per heavy atom. The van der Waals surface area contributed by atoms with Gasteiger partial charge in [-0.15, -0.1) is 0 Å². The number of nitro benzene ring substituents is 1. The molecule has 0 radical (unpaired) electrons. The molecule has 0 unspecified atom stereocenters. The van der Waals surface area contributed by atoms with Crippen molar-refractivity contribution in [3.05, 3.63) is 69.5 Å². The lowest BCUT2D eigenvalue weighted by Crippen LogP contribution is -2.45. The van der Waals surface area contributed by atoms with Crippen LogP contribution in [0.1, 0.15) is 48.5 Å². The fourth-order valence-corrected chi connectivity index (χ4v) is 4.82. The fraction of sp³-hybridized carbons (Fsp3) is 0.480. The topological polar surface area (TPSA) is 84.7 Å². The maximum atomic E-state index is 13.5. The number of piperidine rings is 1. The van der Waals surface area contributed by atoms with Gasteiger partial charge >= 0.3 is 0 Å². The number of hydrogen-bond donors (Lipinski definition) is 1. The van der Waals surface area contributed by atoms with E-state index in [2.05, 4.69) is 17.1 Å². The smallest absolute Gasteiger partial charge is 0.270 e. The third kappa shape index (κ3) is 5.16. The van der Waals surface area contributed by atoms with E-state index in [-0.39, 0.29) is 22.8 Å². The van der Waals surface area contributed by atoms with Crippen LogP contribution in [0.5, 0.6) is 0 Å². The van der Waals surface area contributed by atoms with E-state index in [0.717, 1.165) is 37.2 Å². The molecule has 2 aliphatic heterocycles. The Bertz CT molecular complexity index is 997. The second-order valence-electron chi connectivity index (χ2n) is 9.21. The van der Waals surface area contributed by atoms with Crippen LogP contribution in [0, 0.1) is 21.8 Å². The molecule has 2 aromatic carbocycles. The molecule has 4 rings (SSSR count). The number of amides is 1. The van der Waals surface area contributed by atoms with Crippen LogP contribution in [0.4, 0.5) is 15.8 Å². The average molecular weight is 456 g/mol. The van der Waals surface area contributed by atoms with Crippen molar-refractivity contribution in [3.8, 4) is 0 Å². The molecule has 0 bridgehead atoms. The molecular weight excluding hydrogens is 425 g/mol. The van der Waals surface area contributed by atoms with Gasteiger partial charge in [-0.05, 0) is 55.4 Å². The minimum Gasteiger partial charge on any atom is -0.381 e. The summed E-state index contributed by atoms with van der Waals surface area (Å²) in [5.74, 6) is -0.0111. The lowest BCUT2D eigenvalue weighted by Gasteiger charge is -2.38. The molecule has 0 spiro atoms. The Labute approximate surface area is 193 Å². The predicted octanol–water partition coefficient (Wildman–Crippen LogP) is 4.45. The molecule has 8 heteroatoms. The van der Waals surface area contributed by atoms with Crippen LogP contribution in [-0.2, 0) is 10.2 Å². The van der Waals surface area contributed by atoms with Gasteiger partial charge in [0.05, 0.1) is 16.2 Å². The summed E-state index contributed by atoms with van der Waals surface area (Å²) in [5.41, 5.74) is 1.53. The third-order valence-corrected chi connectivity index (χ3v) is 7.05. The summed E-state index contributed by atoms with van der Waals surface area (Å²) in [6.07, 6.45) is 3.44. The van der Waals surface area contributed by atoms with Crippen LogP contribution in [0.25, 0.3) is 0 Å². The fourth-order valence-electron chi connectivity index (χ4n) is 4.82. The second-order valence-corrected chi connectivity index (χ2v) is 9.21. The van der Waals surface area contributed by atoms with E-state index in [4.69, 9.17) is 4.74 Å². The van der Waals surface area contributed by atoms with E-state index >= 15 is 0 Å². The first-order valence-corrected chi connectivity index (χ1v) is 11.5. The van der Waals surface area contributed by atoms with Crippen molar-refractivity contribution in [1.82, 2.24) is 5.32 Å². The first-order chi connectivity index (χ1) is 15.9. The van der Waals surface area contributed by atoms with Crippen molar-refractivity contribution in [2.75, 3.05) is 37.7 Å². The molecule has 0 atom stereocenters. The summed E-state index contributed by atoms with van der Waals surface area (Å²) in [6, 6.07) is 10.9. The third-order valence-electron chi connectivity index (χ3n) is 7.05. The van der Waals surface area contributed by atoms with E-state index in [1.807, 2.05) is 0 Å². The number of nitrogens with one attached hydrogen (secondary N) is 1. The highest BCUT2D eigenvalue weighted by Crippen LogP contribution is 2.35. The lowest BCUT2D eigenvalue weighted by molar-refractivity contribution is -0.384. The van der Waals surface area contributed by atoms with Gasteiger partial charge in [0.15, 0.2) is 0 Å². The van der Waals surface area contributed by atoms with Gasteiger partial charge in [-0.2, -0.15) is 0 Å². The van der Waals surface area contributed by atoms with Crippen molar-refractivity contribution in [3.63, 3.8) is 0 Å². The van der Waals surface area contributed by atoms with Gasteiger partial charge in [0.1, 0.15) is 5.82 Å². The van der Waals surface area contributed by atoms with E-state index in [1.54, 1.807) is 18.2 Å². The highest BCUT2D eigenvalue weighted by molar-refractivity contribution is 6.00. The maximum Gasteiger partial charge on any atom is 0.270 e. The van der Waals surface area contributed by atoms with Gasteiger partial charge in [-0.25, -0.2) is 4.39 Å². The molecule has 2 aliphatic rings. The van der Waals surface area contributed by atoms with Gasteiger partial charge in [0.25, 0.3) is 11.6 Å². The van der Waals surface area contributed by atoms with Crippen molar-refractivity contribution in [1.29, 1.82) is 0 Å². The Kier molecular flexibility index (Phi) is 6.93. The van der Waals surface area contributed by atoms with Gasteiger partial charge in [0.2, 0.25) is 0 Å². The molecule has 2 saturated heterocycles. The highest BCUT2D eigenvalue weighted by atomic mass is 19.1. The van der Waals surface area contributed by atoms with Crippen molar-refractivity contribution in [2.24, 2.45) is 5.92 Å². The number of hydrogen-bond acceptors (Lipinski definition) is 5. The monoisotopic (exact) mass is 455 g/mol. The average Bonchev–Trinajstić information content (AvgIpc) is 2.83. The first-order valence-electron chi connectivity index (χ1n) is 11.5. The van der Waals surface area contributed by atoms with Crippen LogP contribution in [0.3, 0.4) is 0 Å². The van der Waals surface area contributed by atoms with Crippen molar-refractivity contribution >= 4 is 17.3 Å². The maximum absolute atomic E-state index is 13.5. The first kappa shape index (κ1) is 23.2. The summed E-state index contributed by atoms with van der Waals surface area (Å²) in [5, 5.41) is 14.4. The Hall–Kier alpha value is -3.00. The molecule has 2 heterocycles. The predicted molar refractivity (Wildman–Crippen MR) is 124 cm³/mol. The van der Waals surface area contributed by atoms with Crippen molar-refractivity contribution in [2.45, 2.75) is 38.0 Å². The highest BCUT2D eigenvalue weighted by Gasteiger charge is 2.35. The number of anilines is 1. The largest absolute Gasteiger partial charge is 0.381 e. The van der Waals surface area contributed by atoms with E-state index in [1.165, 1.54) is 24.3 Å². The summed E-state index contributed by atoms with van der Waals surface area (Å²) in [6.45, 7) is 5.30. The molecule has 0 aliphatic carbocycles. The molecule has 176 valence electrons. The van der Waals surface area contributed by atoms with E-state index in [9.17, 15) is 19.3 Å². The minimum atomic E-state index is -0.475. The summed E-state index contributed by atoms with van der Waals surface area (Å²) in [4.78, 5) is 26.4. The molecule has 0 saturated carbocycles. The number of carbonyl (C=O) groups excluding carboxylic acids is 1. The van der Waals surface area contributed by atoms with Crippen LogP contribution in [0.15, 0.2) is 42.5 Å². The van der Waals surface area contributed by atoms with E-state index < -0.39 is 4.92 Å².